The minimum Gasteiger partial charge on any atom is -0.489 e. The van der Waals surface area contributed by atoms with Crippen LogP contribution in [0, 0.1) is 5.41 Å². The van der Waals surface area contributed by atoms with Gasteiger partial charge >= 0.3 is 5.97 Å². The molecular formula is C24H34BrClN2O3. The molecule has 172 valence electrons. The monoisotopic (exact) mass is 512 g/mol. The highest BCUT2D eigenvalue weighted by atomic mass is 79.9. The summed E-state index contributed by atoms with van der Waals surface area (Å²) in [5.41, 5.74) is 1.49. The first-order valence-corrected chi connectivity index (χ1v) is 11.7. The summed E-state index contributed by atoms with van der Waals surface area (Å²) in [7, 11) is 0. The molecule has 1 aromatic rings. The molecule has 0 unspecified atom stereocenters. The standard InChI is InChI=1S/C20H22BrClN2O3.2C2H6/c1-13(2)26-18-9-7-15(10-17(18)22)20(23)27-19(25)12-24-11-14-4-3-5-16(21)8-6-14;2*1-2/h4-10,13,23-24H,3,11-12H2,1-2H3;2*1-2H3. The Bertz CT molecular complexity index is 802. The van der Waals surface area contributed by atoms with E-state index in [4.69, 9.17) is 26.5 Å². The van der Waals surface area contributed by atoms with Gasteiger partial charge in [-0.15, -0.1) is 0 Å². The Morgan fingerprint density at radius 1 is 1.19 bits per heavy atom. The molecule has 0 spiro atoms. The first-order chi connectivity index (χ1) is 14.8. The van der Waals surface area contributed by atoms with Gasteiger partial charge in [0.05, 0.1) is 17.7 Å². The van der Waals surface area contributed by atoms with Gasteiger partial charge in [0.15, 0.2) is 0 Å². The number of rotatable bonds is 7. The van der Waals surface area contributed by atoms with Crippen LogP contribution in [0.15, 0.2) is 52.6 Å². The van der Waals surface area contributed by atoms with E-state index in [1.54, 1.807) is 18.2 Å². The predicted octanol–water partition coefficient (Wildman–Crippen LogP) is 6.80. The molecule has 0 amide bonds. The van der Waals surface area contributed by atoms with Crippen LogP contribution in [0.5, 0.6) is 5.75 Å². The number of ether oxygens (including phenoxy) is 2. The number of hydrogen-bond donors (Lipinski definition) is 2. The summed E-state index contributed by atoms with van der Waals surface area (Å²) >= 11 is 9.59. The molecule has 0 heterocycles. The molecule has 0 saturated heterocycles. The Hall–Kier alpha value is -1.89. The van der Waals surface area contributed by atoms with Crippen molar-refractivity contribution in [2.24, 2.45) is 0 Å². The van der Waals surface area contributed by atoms with Gasteiger partial charge in [-0.05, 0) is 50.1 Å². The van der Waals surface area contributed by atoms with E-state index in [9.17, 15) is 4.79 Å². The molecule has 0 bridgehead atoms. The number of benzene rings is 1. The molecule has 0 fully saturated rings. The molecule has 5 nitrogen and oxygen atoms in total. The van der Waals surface area contributed by atoms with Crippen molar-refractivity contribution in [3.63, 3.8) is 0 Å². The summed E-state index contributed by atoms with van der Waals surface area (Å²) < 4.78 is 11.7. The Labute approximate surface area is 200 Å². The number of hydrogen-bond acceptors (Lipinski definition) is 5. The quantitative estimate of drug-likeness (QED) is 0.239. The van der Waals surface area contributed by atoms with Crippen LogP contribution in [-0.2, 0) is 9.53 Å². The number of carbonyl (C=O) groups is 1. The van der Waals surface area contributed by atoms with Crippen molar-refractivity contribution in [3.8, 4) is 5.75 Å². The summed E-state index contributed by atoms with van der Waals surface area (Å²) in [4.78, 5) is 11.9. The normalized spacial score (nSPS) is 12.3. The molecule has 2 rings (SSSR count). The van der Waals surface area contributed by atoms with Crippen molar-refractivity contribution in [3.05, 3.63) is 63.1 Å². The number of carbonyl (C=O) groups excluding carboxylic acids is 1. The van der Waals surface area contributed by atoms with Gasteiger partial charge in [-0.2, -0.15) is 0 Å². The van der Waals surface area contributed by atoms with Gasteiger partial charge in [0.1, 0.15) is 5.75 Å². The lowest BCUT2D eigenvalue weighted by atomic mass is 10.2. The van der Waals surface area contributed by atoms with Crippen LogP contribution >= 0.6 is 27.5 Å². The molecule has 1 aliphatic carbocycles. The fourth-order valence-corrected chi connectivity index (χ4v) is 2.83. The van der Waals surface area contributed by atoms with Gasteiger partial charge in [-0.3, -0.25) is 10.2 Å². The molecule has 2 N–H and O–H groups in total. The Balaban J connectivity index is 0.00000212. The van der Waals surface area contributed by atoms with E-state index in [1.807, 2.05) is 53.7 Å². The van der Waals surface area contributed by atoms with Crippen LogP contribution in [0.2, 0.25) is 5.02 Å². The maximum atomic E-state index is 11.9. The molecule has 0 saturated carbocycles. The van der Waals surface area contributed by atoms with E-state index in [2.05, 4.69) is 33.4 Å². The minimum atomic E-state index is -0.531. The first kappa shape index (κ1) is 29.1. The highest BCUT2D eigenvalue weighted by molar-refractivity contribution is 9.11. The summed E-state index contributed by atoms with van der Waals surface area (Å²) in [5, 5.41) is 11.3. The number of halogens is 2. The third kappa shape index (κ3) is 11.9. The topological polar surface area (TPSA) is 71.4 Å². The van der Waals surface area contributed by atoms with Gasteiger partial charge in [0.25, 0.3) is 0 Å². The van der Waals surface area contributed by atoms with Crippen molar-refractivity contribution >= 4 is 39.4 Å². The largest absolute Gasteiger partial charge is 0.489 e. The van der Waals surface area contributed by atoms with E-state index in [1.165, 1.54) is 0 Å². The number of esters is 1. The average molecular weight is 514 g/mol. The number of allylic oxidation sites excluding steroid dienone is 4. The lowest BCUT2D eigenvalue weighted by molar-refractivity contribution is -0.134. The zero-order valence-corrected chi connectivity index (χ0v) is 21.6. The highest BCUT2D eigenvalue weighted by Crippen LogP contribution is 2.26. The molecule has 31 heavy (non-hydrogen) atoms. The minimum absolute atomic E-state index is 0.00440. The van der Waals surface area contributed by atoms with Gasteiger partial charge < -0.3 is 14.8 Å². The molecule has 1 aliphatic rings. The summed E-state index contributed by atoms with van der Waals surface area (Å²) in [5.74, 6) is -0.250. The second-order valence-corrected chi connectivity index (χ2v) is 7.48. The maximum Gasteiger partial charge on any atom is 0.326 e. The zero-order valence-electron chi connectivity index (χ0n) is 19.2. The van der Waals surface area contributed by atoms with E-state index in [0.29, 0.717) is 22.9 Å². The van der Waals surface area contributed by atoms with Crippen molar-refractivity contribution < 1.29 is 14.3 Å². The van der Waals surface area contributed by atoms with Crippen LogP contribution in [0.1, 0.15) is 53.5 Å². The zero-order chi connectivity index (χ0) is 23.8. The molecule has 1 aromatic carbocycles. The average Bonchev–Trinajstić information content (AvgIpc) is 2.96. The predicted molar refractivity (Wildman–Crippen MR) is 135 cm³/mol. The molecular weight excluding hydrogens is 480 g/mol. The van der Waals surface area contributed by atoms with Crippen LogP contribution in [-0.4, -0.2) is 31.1 Å². The van der Waals surface area contributed by atoms with Gasteiger partial charge in [0, 0.05) is 16.6 Å². The molecule has 0 aliphatic heterocycles. The van der Waals surface area contributed by atoms with E-state index in [0.717, 1.165) is 16.5 Å². The Morgan fingerprint density at radius 3 is 2.48 bits per heavy atom. The lowest BCUT2D eigenvalue weighted by Crippen LogP contribution is -2.28. The summed E-state index contributed by atoms with van der Waals surface area (Å²) in [6.07, 6.45) is 8.90. The summed E-state index contributed by atoms with van der Waals surface area (Å²) in [6.45, 7) is 12.3. The molecule has 7 heteroatoms. The lowest BCUT2D eigenvalue weighted by Gasteiger charge is -2.12. The van der Waals surface area contributed by atoms with Gasteiger partial charge in [-0.1, -0.05) is 73.5 Å². The summed E-state index contributed by atoms with van der Waals surface area (Å²) in [6, 6.07) is 4.85. The SMILES string of the molecule is CC.CC.CC(C)Oc1ccc(C(=N)OC(=O)CNCC2=CCC=C(Br)C=C2)cc1Cl. The maximum absolute atomic E-state index is 11.9. The van der Waals surface area contributed by atoms with E-state index in [-0.39, 0.29) is 18.5 Å². The van der Waals surface area contributed by atoms with Crippen molar-refractivity contribution in [2.45, 2.75) is 54.1 Å². The van der Waals surface area contributed by atoms with Crippen molar-refractivity contribution in [1.82, 2.24) is 5.32 Å². The molecule has 0 radical (unpaired) electrons. The first-order valence-electron chi connectivity index (χ1n) is 10.5. The van der Waals surface area contributed by atoms with Crippen molar-refractivity contribution in [1.29, 1.82) is 5.41 Å². The third-order valence-corrected chi connectivity index (χ3v) is 4.40. The van der Waals surface area contributed by atoms with Crippen LogP contribution in [0.25, 0.3) is 0 Å². The number of nitrogens with one attached hydrogen (secondary N) is 2. The van der Waals surface area contributed by atoms with Gasteiger partial charge in [-0.25, -0.2) is 0 Å². The Kier molecular flexibility index (Phi) is 15.7. The molecule has 0 aromatic heterocycles. The third-order valence-electron chi connectivity index (χ3n) is 3.52. The second kappa shape index (κ2) is 16.8. The second-order valence-electron chi connectivity index (χ2n) is 6.16. The fourth-order valence-electron chi connectivity index (χ4n) is 2.29. The highest BCUT2D eigenvalue weighted by Gasteiger charge is 2.12. The van der Waals surface area contributed by atoms with Crippen LogP contribution < -0.4 is 10.1 Å². The van der Waals surface area contributed by atoms with Crippen molar-refractivity contribution in [2.75, 3.05) is 13.1 Å². The smallest absolute Gasteiger partial charge is 0.326 e. The van der Waals surface area contributed by atoms with Crippen LogP contribution in [0.4, 0.5) is 0 Å². The fraction of sp³-hybridized carbons (Fsp3) is 0.417. The van der Waals surface area contributed by atoms with E-state index >= 15 is 0 Å². The van der Waals surface area contributed by atoms with Gasteiger partial charge in [0.2, 0.25) is 5.90 Å². The van der Waals surface area contributed by atoms with E-state index < -0.39 is 5.97 Å². The Morgan fingerprint density at radius 2 is 1.87 bits per heavy atom. The van der Waals surface area contributed by atoms with Crippen LogP contribution in [0.3, 0.4) is 0 Å². The molecule has 0 atom stereocenters.